The first-order valence-corrected chi connectivity index (χ1v) is 6.49. The van der Waals surface area contributed by atoms with Crippen molar-refractivity contribution in [2.75, 3.05) is 0 Å². The Morgan fingerprint density at radius 3 is 2.78 bits per heavy atom. The molecule has 0 fully saturated rings. The predicted molar refractivity (Wildman–Crippen MR) is 78.6 cm³/mol. The van der Waals surface area contributed by atoms with Crippen molar-refractivity contribution in [3.63, 3.8) is 0 Å². The monoisotopic (exact) mass is 279 g/mol. The van der Waals surface area contributed by atoms with E-state index in [1.807, 2.05) is 0 Å². The van der Waals surface area contributed by atoms with E-state index >= 15 is 0 Å². The zero-order chi connectivity index (χ0) is 13.3. The van der Waals surface area contributed by atoms with Crippen LogP contribution in [0, 0.1) is 19.1 Å². The molecule has 0 radical (unpaired) electrons. The lowest BCUT2D eigenvalue weighted by Gasteiger charge is -2.22. The molecule has 1 aliphatic heterocycles. The molecular weight excluding hydrogens is 266 g/mol. The van der Waals surface area contributed by atoms with E-state index in [4.69, 9.17) is 23.8 Å². The van der Waals surface area contributed by atoms with Gasteiger partial charge in [-0.3, -0.25) is 0 Å². The Morgan fingerprint density at radius 2 is 2.06 bits per heavy atom. The Hall–Kier alpha value is -1.00. The molecule has 1 unspecified atom stereocenters. The second kappa shape index (κ2) is 5.33. The topological polar surface area (TPSA) is 27.5 Å². The van der Waals surface area contributed by atoms with Gasteiger partial charge in [0, 0.05) is 0 Å². The molecule has 0 bridgehead atoms. The molecule has 0 saturated heterocycles. The van der Waals surface area contributed by atoms with Crippen molar-refractivity contribution in [3.8, 4) is 0 Å². The summed E-state index contributed by atoms with van der Waals surface area (Å²) in [4.78, 5) is 0.222. The van der Waals surface area contributed by atoms with Gasteiger partial charge in [0.05, 0.1) is 0 Å². The number of quaternary nitrogens is 1. The van der Waals surface area contributed by atoms with Crippen LogP contribution in [0.15, 0.2) is 41.1 Å². The van der Waals surface area contributed by atoms with Crippen LogP contribution in [0.1, 0.15) is 16.7 Å². The lowest BCUT2D eigenvalue weighted by molar-refractivity contribution is -0.680. The fourth-order valence-corrected chi connectivity index (χ4v) is 2.33. The highest BCUT2D eigenvalue weighted by Crippen LogP contribution is 2.21. The van der Waals surface area contributed by atoms with Crippen molar-refractivity contribution >= 4 is 28.8 Å². The van der Waals surface area contributed by atoms with Crippen molar-refractivity contribution in [1.82, 2.24) is 0 Å². The Balaban J connectivity index is 2.32. The largest absolute Gasteiger partial charge is 0.623 e. The highest BCUT2D eigenvalue weighted by Gasteiger charge is 2.18. The maximum absolute atomic E-state index is 11.4. The van der Waals surface area contributed by atoms with E-state index in [1.54, 1.807) is 6.08 Å². The summed E-state index contributed by atoms with van der Waals surface area (Å²) in [5.41, 5.74) is 4.56. The third-order valence-electron chi connectivity index (χ3n) is 3.03. The summed E-state index contributed by atoms with van der Waals surface area (Å²) >= 11 is 11.1. The van der Waals surface area contributed by atoms with E-state index < -0.39 is 0 Å². The van der Waals surface area contributed by atoms with E-state index in [0.29, 0.717) is 11.5 Å². The third-order valence-corrected chi connectivity index (χ3v) is 3.98. The number of allylic oxidation sites excluding steroid dienone is 2. The van der Waals surface area contributed by atoms with Crippen molar-refractivity contribution in [1.29, 1.82) is 0 Å². The normalized spacial score (nSPS) is 19.6. The molecule has 2 nitrogen and oxygen atoms in total. The molecule has 94 valence electrons. The van der Waals surface area contributed by atoms with E-state index in [-0.39, 0.29) is 10.1 Å². The van der Waals surface area contributed by atoms with Gasteiger partial charge in [-0.1, -0.05) is 35.4 Å². The van der Waals surface area contributed by atoms with Gasteiger partial charge in [-0.2, -0.15) is 0 Å². The number of benzene rings is 1. The zero-order valence-corrected chi connectivity index (χ0v) is 11.9. The summed E-state index contributed by atoms with van der Waals surface area (Å²) in [6, 6.07) is 6.31. The van der Waals surface area contributed by atoms with Crippen molar-refractivity contribution in [3.05, 3.63) is 63.0 Å². The van der Waals surface area contributed by atoms with Crippen molar-refractivity contribution in [2.24, 2.45) is 0 Å². The molecular formula is C14H14ClNOS. The number of aryl methyl sites for hydroxylation is 2. The fraction of sp³-hybridized carbons (Fsp3) is 0.214. The van der Waals surface area contributed by atoms with Gasteiger partial charge in [-0.15, -0.1) is 0 Å². The van der Waals surface area contributed by atoms with Gasteiger partial charge in [0.15, 0.2) is 0 Å². The fourth-order valence-electron chi connectivity index (χ4n) is 1.91. The molecule has 0 aromatic heterocycles. The molecule has 0 amide bonds. The third kappa shape index (κ3) is 2.70. The molecule has 18 heavy (non-hydrogen) atoms. The van der Waals surface area contributed by atoms with Crippen LogP contribution >= 0.6 is 23.8 Å². The molecule has 0 aliphatic carbocycles. The van der Waals surface area contributed by atoms with Crippen LogP contribution in [0.4, 0.5) is 0 Å². The minimum Gasteiger partial charge on any atom is -0.623 e. The minimum atomic E-state index is -0.181. The van der Waals surface area contributed by atoms with Gasteiger partial charge >= 0.3 is 0 Å². The number of halogens is 1. The maximum atomic E-state index is 11.4. The van der Waals surface area contributed by atoms with Crippen LogP contribution in [0.2, 0.25) is 0 Å². The summed E-state index contributed by atoms with van der Waals surface area (Å²) in [6.45, 7) is 4.13. The van der Waals surface area contributed by atoms with E-state index in [1.165, 1.54) is 22.9 Å². The first-order chi connectivity index (χ1) is 8.49. The lowest BCUT2D eigenvalue weighted by atomic mass is 9.97. The zero-order valence-electron chi connectivity index (χ0n) is 10.3. The number of nitrogens with one attached hydrogen (secondary N) is 1. The second-order valence-corrected chi connectivity index (χ2v) is 5.26. The van der Waals surface area contributed by atoms with Crippen LogP contribution < -0.4 is 5.06 Å². The first-order valence-electron chi connectivity index (χ1n) is 5.70. The SMILES string of the molecule is Cc1ccc(C)c(CC2=C(Cl)C(=S)[NH+]([O-])C=C2)c1. The summed E-state index contributed by atoms with van der Waals surface area (Å²) in [7, 11) is 0. The van der Waals surface area contributed by atoms with Crippen LogP contribution in [-0.2, 0) is 6.42 Å². The Morgan fingerprint density at radius 1 is 1.33 bits per heavy atom. The molecule has 1 aromatic carbocycles. The first kappa shape index (κ1) is 13.4. The highest BCUT2D eigenvalue weighted by molar-refractivity contribution is 7.80. The van der Waals surface area contributed by atoms with Crippen LogP contribution in [0.5, 0.6) is 0 Å². The summed E-state index contributed by atoms with van der Waals surface area (Å²) < 4.78 is 0. The number of thiocarbonyl (C=S) groups is 1. The molecule has 1 aliphatic rings. The van der Waals surface area contributed by atoms with Gasteiger partial charge < -0.3 is 10.3 Å². The molecule has 0 spiro atoms. The van der Waals surface area contributed by atoms with E-state index in [2.05, 4.69) is 32.0 Å². The lowest BCUT2D eigenvalue weighted by Crippen LogP contribution is -3.05. The van der Waals surface area contributed by atoms with E-state index in [0.717, 1.165) is 5.57 Å². The molecule has 2 rings (SSSR count). The van der Waals surface area contributed by atoms with Gasteiger partial charge in [0.2, 0.25) is 4.99 Å². The van der Waals surface area contributed by atoms with E-state index in [9.17, 15) is 5.21 Å². The Labute approximate surface area is 117 Å². The number of rotatable bonds is 2. The molecule has 1 N–H and O–H groups in total. The number of hydroxylamine groups is 2. The average Bonchev–Trinajstić information content (AvgIpc) is 2.34. The summed E-state index contributed by atoms with van der Waals surface area (Å²) in [5, 5.41) is 11.6. The van der Waals surface area contributed by atoms with Crippen molar-refractivity contribution in [2.45, 2.75) is 20.3 Å². The Bertz CT molecular complexity index is 563. The highest BCUT2D eigenvalue weighted by atomic mass is 35.5. The molecule has 1 atom stereocenters. The molecule has 1 aromatic rings. The maximum Gasteiger partial charge on any atom is 0.220 e. The molecule has 0 saturated carbocycles. The minimum absolute atomic E-state index is 0.181. The second-order valence-electron chi connectivity index (χ2n) is 4.47. The van der Waals surface area contributed by atoms with Gasteiger partial charge in [0.1, 0.15) is 11.2 Å². The Kier molecular flexibility index (Phi) is 3.97. The number of hydrogen-bond acceptors (Lipinski definition) is 2. The number of hydrogen-bond donors (Lipinski definition) is 1. The quantitative estimate of drug-likeness (QED) is 0.666. The van der Waals surface area contributed by atoms with Crippen LogP contribution in [-0.4, -0.2) is 4.99 Å². The molecule has 4 heteroatoms. The van der Waals surface area contributed by atoms with Crippen molar-refractivity contribution < 1.29 is 5.06 Å². The van der Waals surface area contributed by atoms with Crippen LogP contribution in [0.25, 0.3) is 0 Å². The summed E-state index contributed by atoms with van der Waals surface area (Å²) in [6.07, 6.45) is 3.97. The van der Waals surface area contributed by atoms with Crippen LogP contribution in [0.3, 0.4) is 0 Å². The summed E-state index contributed by atoms with van der Waals surface area (Å²) in [5.74, 6) is 0. The van der Waals surface area contributed by atoms with Gasteiger partial charge in [-0.05, 0) is 55.3 Å². The molecule has 1 heterocycles. The van der Waals surface area contributed by atoms with Gasteiger partial charge in [0.25, 0.3) is 0 Å². The standard InChI is InChI=1S/C14H14ClNOS/c1-9-3-4-10(2)12(7-9)8-11-5-6-16(17)14(18)13(11)15/h3-7,16H,8H2,1-2H3. The van der Waals surface area contributed by atoms with Gasteiger partial charge in [-0.25, -0.2) is 0 Å². The average molecular weight is 280 g/mol. The smallest absolute Gasteiger partial charge is 0.220 e. The predicted octanol–water partition coefficient (Wildman–Crippen LogP) is 2.58.